The van der Waals surface area contributed by atoms with E-state index < -0.39 is 16.6 Å². The summed E-state index contributed by atoms with van der Waals surface area (Å²) in [7, 11) is 1.43. The van der Waals surface area contributed by atoms with Crippen molar-refractivity contribution < 1.29 is 9.22 Å². The Bertz CT molecular complexity index is 680. The first-order valence-corrected chi connectivity index (χ1v) is 6.86. The Kier molecular flexibility index (Phi) is 4.53. The lowest BCUT2D eigenvalue weighted by atomic mass is 10.1. The lowest BCUT2D eigenvalue weighted by molar-refractivity contribution is 0.297. The van der Waals surface area contributed by atoms with Crippen molar-refractivity contribution in [2.45, 2.75) is 10.9 Å². The first-order chi connectivity index (χ1) is 9.38. The molecule has 1 aliphatic rings. The summed E-state index contributed by atoms with van der Waals surface area (Å²) in [6.07, 6.45) is 3.04. The van der Waals surface area contributed by atoms with E-state index in [2.05, 4.69) is 5.10 Å². The van der Waals surface area contributed by atoms with Gasteiger partial charge in [0.05, 0.1) is 23.0 Å². The van der Waals surface area contributed by atoms with Gasteiger partial charge in [-0.05, 0) is 11.0 Å². The minimum Gasteiger partial charge on any atom is -0.495 e. The molecule has 0 bridgehead atoms. The van der Waals surface area contributed by atoms with Crippen LogP contribution in [0.3, 0.4) is 0 Å². The van der Waals surface area contributed by atoms with Gasteiger partial charge in [0.2, 0.25) is 0 Å². The summed E-state index contributed by atoms with van der Waals surface area (Å²) in [6.45, 7) is 0. The molecule has 0 saturated carbocycles. The highest BCUT2D eigenvalue weighted by Crippen LogP contribution is 2.31. The van der Waals surface area contributed by atoms with Gasteiger partial charge in [0.15, 0.2) is 10.7 Å². The Hall–Kier alpha value is -0.890. The number of alkyl halides is 2. The third kappa shape index (κ3) is 2.50. The van der Waals surface area contributed by atoms with E-state index in [9.17, 15) is 9.28 Å². The summed E-state index contributed by atoms with van der Waals surface area (Å²) in [5.74, 6) is 0.187. The lowest BCUT2D eigenvalue weighted by Gasteiger charge is -2.21. The van der Waals surface area contributed by atoms with Crippen molar-refractivity contribution in [2.24, 2.45) is 0 Å². The van der Waals surface area contributed by atoms with Gasteiger partial charge < -0.3 is 4.74 Å². The van der Waals surface area contributed by atoms with E-state index in [1.54, 1.807) is 0 Å². The third-order valence-electron chi connectivity index (χ3n) is 2.63. The Morgan fingerprint density at radius 3 is 2.75 bits per heavy atom. The number of hydrogen-bond donors (Lipinski definition) is 0. The standard InChI is InChI=1S/C10H7Cl3FN3O2S/c1-19-5-3-2-4(7(20)6(5)11)16-9(8(12)13)15-17(14)10(16)18/h2-4,8H,1H3. The molecule has 1 aliphatic carbocycles. The molecular formula is C10H7Cl3FN3O2S. The van der Waals surface area contributed by atoms with Gasteiger partial charge in [0, 0.05) is 0 Å². The molecule has 0 amide bonds. The van der Waals surface area contributed by atoms with Gasteiger partial charge in [-0.15, -0.1) is 5.10 Å². The average Bonchev–Trinajstić information content (AvgIpc) is 2.70. The van der Waals surface area contributed by atoms with Gasteiger partial charge in [-0.3, -0.25) is 4.57 Å². The molecule has 2 rings (SSSR count). The quantitative estimate of drug-likeness (QED) is 0.616. The summed E-state index contributed by atoms with van der Waals surface area (Å²) in [4.78, 5) is 10.4. The first-order valence-electron chi connectivity index (χ1n) is 5.20. The second kappa shape index (κ2) is 5.85. The maximum Gasteiger partial charge on any atom is 0.376 e. The molecule has 1 aromatic rings. The lowest BCUT2D eigenvalue weighted by Crippen LogP contribution is -2.31. The maximum atomic E-state index is 13.3. The van der Waals surface area contributed by atoms with E-state index >= 15 is 0 Å². The zero-order valence-electron chi connectivity index (χ0n) is 9.89. The summed E-state index contributed by atoms with van der Waals surface area (Å²) in [6, 6.07) is -0.816. The number of rotatable bonds is 3. The number of halogens is 4. The predicted molar refractivity (Wildman–Crippen MR) is 78.1 cm³/mol. The number of ether oxygens (including phenoxy) is 1. The Labute approximate surface area is 133 Å². The maximum absolute atomic E-state index is 13.3. The fourth-order valence-corrected chi connectivity index (χ4v) is 2.56. The Morgan fingerprint density at radius 1 is 1.55 bits per heavy atom. The predicted octanol–water partition coefficient (Wildman–Crippen LogP) is 2.83. The second-order valence-electron chi connectivity index (χ2n) is 3.72. The minimum atomic E-state index is -1.19. The van der Waals surface area contributed by atoms with E-state index in [1.165, 1.54) is 19.3 Å². The van der Waals surface area contributed by atoms with Crippen LogP contribution in [0.15, 0.2) is 27.7 Å². The molecule has 0 radical (unpaired) electrons. The van der Waals surface area contributed by atoms with Crippen molar-refractivity contribution in [3.8, 4) is 0 Å². The van der Waals surface area contributed by atoms with Crippen LogP contribution in [0.5, 0.6) is 0 Å². The van der Waals surface area contributed by atoms with Crippen LogP contribution >= 0.6 is 47.0 Å². The van der Waals surface area contributed by atoms with Crippen molar-refractivity contribution in [3.05, 3.63) is 39.3 Å². The van der Waals surface area contributed by atoms with E-state index in [1.807, 2.05) is 0 Å². The molecule has 0 aromatic carbocycles. The molecule has 1 unspecified atom stereocenters. The highest BCUT2D eigenvalue weighted by atomic mass is 35.5. The molecule has 1 heterocycles. The monoisotopic (exact) mass is 357 g/mol. The number of allylic oxidation sites excluding steroid dienone is 3. The van der Waals surface area contributed by atoms with Crippen LogP contribution in [0, 0.1) is 0 Å². The van der Waals surface area contributed by atoms with Gasteiger partial charge in [-0.25, -0.2) is 4.79 Å². The molecule has 1 atom stereocenters. The van der Waals surface area contributed by atoms with Crippen LogP contribution in [0.25, 0.3) is 0 Å². The molecule has 0 spiro atoms. The van der Waals surface area contributed by atoms with Crippen LogP contribution in [0.4, 0.5) is 4.48 Å². The molecule has 10 heteroatoms. The van der Waals surface area contributed by atoms with Crippen molar-refractivity contribution in [1.29, 1.82) is 0 Å². The van der Waals surface area contributed by atoms with E-state index in [4.69, 9.17) is 51.8 Å². The first kappa shape index (κ1) is 15.5. The highest BCUT2D eigenvalue weighted by Gasteiger charge is 2.30. The summed E-state index contributed by atoms with van der Waals surface area (Å²) >= 11 is 22.6. The molecule has 0 saturated heterocycles. The molecule has 0 N–H and O–H groups in total. The van der Waals surface area contributed by atoms with Crippen molar-refractivity contribution in [3.63, 3.8) is 0 Å². The van der Waals surface area contributed by atoms with Gasteiger partial charge in [0.1, 0.15) is 5.76 Å². The van der Waals surface area contributed by atoms with Crippen LogP contribution in [-0.2, 0) is 4.74 Å². The summed E-state index contributed by atoms with van der Waals surface area (Å²) < 4.78 is 19.3. The molecular weight excluding hydrogens is 352 g/mol. The average molecular weight is 359 g/mol. The van der Waals surface area contributed by atoms with Crippen LogP contribution in [0.1, 0.15) is 16.7 Å². The largest absolute Gasteiger partial charge is 0.495 e. The minimum absolute atomic E-state index is 0.153. The van der Waals surface area contributed by atoms with E-state index in [-0.39, 0.29) is 20.6 Å². The number of hydrogen-bond acceptors (Lipinski definition) is 4. The number of methoxy groups -OCH3 is 1. The topological polar surface area (TPSA) is 49.0 Å². The van der Waals surface area contributed by atoms with Crippen LogP contribution in [-0.4, -0.2) is 26.5 Å². The molecule has 0 fully saturated rings. The molecule has 108 valence electrons. The Balaban J connectivity index is 2.55. The number of aromatic nitrogens is 3. The van der Waals surface area contributed by atoms with Crippen LogP contribution in [0.2, 0.25) is 0 Å². The molecule has 0 aliphatic heterocycles. The van der Waals surface area contributed by atoms with Crippen molar-refractivity contribution in [2.75, 3.05) is 7.11 Å². The van der Waals surface area contributed by atoms with Gasteiger partial charge >= 0.3 is 5.69 Å². The second-order valence-corrected chi connectivity index (χ2v) is 5.64. The van der Waals surface area contributed by atoms with Crippen molar-refractivity contribution in [1.82, 2.24) is 14.6 Å². The fraction of sp³-hybridized carbons (Fsp3) is 0.300. The fourth-order valence-electron chi connectivity index (χ4n) is 1.73. The third-order valence-corrected chi connectivity index (χ3v) is 3.96. The molecule has 5 nitrogen and oxygen atoms in total. The SMILES string of the molecule is COC1=C(Cl)C(=S)C(n2c(C(Cl)Cl)nn(F)c2=O)C=C1. The van der Waals surface area contributed by atoms with E-state index in [0.717, 1.165) is 4.57 Å². The zero-order chi connectivity index (χ0) is 15.0. The molecule has 20 heavy (non-hydrogen) atoms. The number of thiocarbonyl (C=S) groups is 1. The zero-order valence-corrected chi connectivity index (χ0v) is 13.0. The Morgan fingerprint density at radius 2 is 2.20 bits per heavy atom. The van der Waals surface area contributed by atoms with E-state index in [0.29, 0.717) is 5.76 Å². The van der Waals surface area contributed by atoms with Crippen molar-refractivity contribution >= 4 is 51.9 Å². The van der Waals surface area contributed by atoms with Gasteiger partial charge in [0.25, 0.3) is 0 Å². The van der Waals surface area contributed by atoms with Crippen LogP contribution < -0.4 is 5.69 Å². The van der Waals surface area contributed by atoms with Gasteiger partial charge in [-0.2, -0.15) is 0 Å². The number of nitrogens with zero attached hydrogens (tertiary/aromatic N) is 3. The summed E-state index contributed by atoms with van der Waals surface area (Å²) in [5, 5.41) is 3.49. The highest BCUT2D eigenvalue weighted by molar-refractivity contribution is 7.81. The smallest absolute Gasteiger partial charge is 0.376 e. The van der Waals surface area contributed by atoms with Gasteiger partial charge in [-0.1, -0.05) is 57.6 Å². The summed E-state index contributed by atoms with van der Waals surface area (Å²) in [5.41, 5.74) is -1.05. The normalized spacial score (nSPS) is 19.1. The molecule has 1 aromatic heterocycles.